The molecule has 0 bridgehead atoms. The Hall–Kier alpha value is -1.39. The molecule has 0 heterocycles. The number of carbonyl (C=O) groups excluding carboxylic acids is 1. The van der Waals surface area contributed by atoms with E-state index in [9.17, 15) is 9.90 Å². The Labute approximate surface area is 109 Å². The van der Waals surface area contributed by atoms with Crippen molar-refractivity contribution in [1.82, 2.24) is 0 Å². The van der Waals surface area contributed by atoms with E-state index in [1.807, 2.05) is 52.3 Å². The van der Waals surface area contributed by atoms with Gasteiger partial charge in [0.2, 0.25) is 0 Å². The van der Waals surface area contributed by atoms with E-state index in [-0.39, 0.29) is 5.78 Å². The van der Waals surface area contributed by atoms with Crippen molar-refractivity contribution in [3.63, 3.8) is 0 Å². The van der Waals surface area contributed by atoms with Gasteiger partial charge in [0.15, 0.2) is 11.9 Å². The molecule has 1 aromatic carbocycles. The maximum absolute atomic E-state index is 12.0. The van der Waals surface area contributed by atoms with Gasteiger partial charge in [0.1, 0.15) is 6.54 Å². The summed E-state index contributed by atoms with van der Waals surface area (Å²) in [4.78, 5) is 14.0. The molecule has 4 nitrogen and oxygen atoms in total. The van der Waals surface area contributed by atoms with Crippen LogP contribution >= 0.6 is 0 Å². The molecule has 18 heavy (non-hydrogen) atoms. The zero-order valence-corrected chi connectivity index (χ0v) is 11.8. The molecule has 0 aliphatic rings. The van der Waals surface area contributed by atoms with Crippen LogP contribution < -0.4 is 4.90 Å². The monoisotopic (exact) mass is 251 g/mol. The van der Waals surface area contributed by atoms with Crippen LogP contribution in [0, 0.1) is 0 Å². The van der Waals surface area contributed by atoms with Crippen molar-refractivity contribution < 1.29 is 14.4 Å². The molecule has 0 saturated heterocycles. The summed E-state index contributed by atoms with van der Waals surface area (Å²) in [6, 6.07) is 7.28. The van der Waals surface area contributed by atoms with E-state index < -0.39 is 6.10 Å². The molecule has 1 unspecified atom stereocenters. The van der Waals surface area contributed by atoms with Crippen molar-refractivity contribution in [2.75, 3.05) is 46.7 Å². The van der Waals surface area contributed by atoms with E-state index in [1.165, 1.54) is 0 Å². The third kappa shape index (κ3) is 4.13. The Balaban J connectivity index is 2.78. The van der Waals surface area contributed by atoms with Crippen LogP contribution in [0.25, 0.3) is 0 Å². The van der Waals surface area contributed by atoms with Crippen LogP contribution in [0.4, 0.5) is 5.69 Å². The number of aliphatic hydroxyl groups is 1. The minimum Gasteiger partial charge on any atom is -0.379 e. The Kier molecular flexibility index (Phi) is 4.48. The quantitative estimate of drug-likeness (QED) is 0.627. The average molecular weight is 251 g/mol. The lowest BCUT2D eigenvalue weighted by Gasteiger charge is -2.26. The third-order valence-electron chi connectivity index (χ3n) is 2.69. The van der Waals surface area contributed by atoms with Gasteiger partial charge in [-0.3, -0.25) is 4.79 Å². The molecule has 1 N–H and O–H groups in total. The normalized spacial score (nSPS) is 13.2. The highest BCUT2D eigenvalue weighted by Gasteiger charge is 2.23. The molecule has 100 valence electrons. The average Bonchev–Trinajstić information content (AvgIpc) is 2.26. The molecule has 1 aromatic rings. The van der Waals surface area contributed by atoms with E-state index in [4.69, 9.17) is 0 Å². The molecule has 0 amide bonds. The number of aliphatic hydroxyl groups excluding tert-OH is 1. The van der Waals surface area contributed by atoms with Gasteiger partial charge in [0, 0.05) is 25.3 Å². The fraction of sp³-hybridized carbons (Fsp3) is 0.500. The fourth-order valence-electron chi connectivity index (χ4n) is 1.72. The Morgan fingerprint density at radius 3 is 2.11 bits per heavy atom. The third-order valence-corrected chi connectivity index (χ3v) is 2.69. The highest BCUT2D eigenvalue weighted by atomic mass is 16.3. The molecule has 0 radical (unpaired) electrons. The largest absolute Gasteiger partial charge is 0.379 e. The second kappa shape index (κ2) is 5.50. The predicted molar refractivity (Wildman–Crippen MR) is 74.0 cm³/mol. The summed E-state index contributed by atoms with van der Waals surface area (Å²) < 4.78 is 0.558. The number of ketones is 1. The van der Waals surface area contributed by atoms with Gasteiger partial charge in [-0.25, -0.2) is 0 Å². The van der Waals surface area contributed by atoms with Crippen molar-refractivity contribution in [2.45, 2.75) is 6.10 Å². The lowest BCUT2D eigenvalue weighted by Crippen LogP contribution is -2.44. The highest BCUT2D eigenvalue weighted by Crippen LogP contribution is 2.14. The number of nitrogens with zero attached hydrogens (tertiary/aromatic N) is 2. The zero-order chi connectivity index (χ0) is 13.9. The summed E-state index contributed by atoms with van der Waals surface area (Å²) in [5.74, 6) is -0.214. The second-order valence-corrected chi connectivity index (χ2v) is 5.79. The van der Waals surface area contributed by atoms with Crippen molar-refractivity contribution in [3.8, 4) is 0 Å². The van der Waals surface area contributed by atoms with Crippen LogP contribution in [0.2, 0.25) is 0 Å². The number of hydrogen-bond donors (Lipinski definition) is 1. The number of carbonyl (C=O) groups is 1. The van der Waals surface area contributed by atoms with Crippen LogP contribution in [0.5, 0.6) is 0 Å². The first kappa shape index (κ1) is 14.7. The predicted octanol–water partition coefficient (Wildman–Crippen LogP) is 1.00. The zero-order valence-electron chi connectivity index (χ0n) is 11.8. The maximum atomic E-state index is 12.0. The Bertz CT molecular complexity index is 405. The molecule has 0 aliphatic heterocycles. The Morgan fingerprint density at radius 1 is 1.22 bits per heavy atom. The Morgan fingerprint density at radius 2 is 1.72 bits per heavy atom. The van der Waals surface area contributed by atoms with Gasteiger partial charge < -0.3 is 14.5 Å². The number of likely N-dealkylation sites (N-methyl/N-ethyl adjacent to an activating group) is 1. The summed E-state index contributed by atoms with van der Waals surface area (Å²) >= 11 is 0. The smallest absolute Gasteiger partial charge is 0.197 e. The number of benzene rings is 1. The van der Waals surface area contributed by atoms with Gasteiger partial charge in [0.05, 0.1) is 21.1 Å². The molecule has 0 aliphatic carbocycles. The first-order chi connectivity index (χ1) is 8.20. The van der Waals surface area contributed by atoms with Crippen molar-refractivity contribution in [1.29, 1.82) is 0 Å². The fourth-order valence-corrected chi connectivity index (χ4v) is 1.72. The van der Waals surface area contributed by atoms with Crippen LogP contribution in [-0.2, 0) is 0 Å². The number of quaternary nitrogens is 1. The molecule has 1 atom stereocenters. The second-order valence-electron chi connectivity index (χ2n) is 5.79. The lowest BCUT2D eigenvalue weighted by atomic mass is 10.1. The molecule has 0 fully saturated rings. The molecular weight excluding hydrogens is 228 g/mol. The lowest BCUT2D eigenvalue weighted by molar-refractivity contribution is -0.872. The van der Waals surface area contributed by atoms with Gasteiger partial charge in [-0.1, -0.05) is 0 Å². The topological polar surface area (TPSA) is 40.5 Å². The van der Waals surface area contributed by atoms with Gasteiger partial charge in [-0.15, -0.1) is 0 Å². The number of hydrogen-bond acceptors (Lipinski definition) is 3. The van der Waals surface area contributed by atoms with Crippen LogP contribution in [-0.4, -0.2) is 63.3 Å². The SMILES string of the molecule is CN(C)c1ccc(C(=O)C(O)C[N+](C)(C)C)cc1. The number of anilines is 1. The number of rotatable bonds is 5. The molecule has 4 heteroatoms. The van der Waals surface area contributed by atoms with E-state index in [1.54, 1.807) is 12.1 Å². The van der Waals surface area contributed by atoms with Gasteiger partial charge in [0.25, 0.3) is 0 Å². The van der Waals surface area contributed by atoms with Crippen molar-refractivity contribution >= 4 is 11.5 Å². The van der Waals surface area contributed by atoms with Crippen LogP contribution in [0.1, 0.15) is 10.4 Å². The van der Waals surface area contributed by atoms with E-state index in [2.05, 4.69) is 0 Å². The molecule has 0 aromatic heterocycles. The highest BCUT2D eigenvalue weighted by molar-refractivity contribution is 5.99. The van der Waals surface area contributed by atoms with Crippen molar-refractivity contribution in [3.05, 3.63) is 29.8 Å². The molecule has 1 rings (SSSR count). The van der Waals surface area contributed by atoms with Crippen LogP contribution in [0.15, 0.2) is 24.3 Å². The first-order valence-electron chi connectivity index (χ1n) is 6.01. The number of Topliss-reactive ketones (excluding diaryl/α,β-unsaturated/α-hetero) is 1. The summed E-state index contributed by atoms with van der Waals surface area (Å²) in [6.07, 6.45) is -0.949. The van der Waals surface area contributed by atoms with E-state index in [0.29, 0.717) is 16.6 Å². The molecule has 0 saturated carbocycles. The summed E-state index contributed by atoms with van der Waals surface area (Å²) in [7, 11) is 9.74. The standard InChI is InChI=1S/C14H23N2O2/c1-15(2)12-8-6-11(7-9-12)14(18)13(17)10-16(3,4)5/h6-9,13,17H,10H2,1-5H3/q+1. The summed E-state index contributed by atoms with van der Waals surface area (Å²) in [5, 5.41) is 9.91. The molecule has 0 spiro atoms. The van der Waals surface area contributed by atoms with E-state index >= 15 is 0 Å². The van der Waals surface area contributed by atoms with Crippen LogP contribution in [0.3, 0.4) is 0 Å². The first-order valence-corrected chi connectivity index (χ1v) is 6.01. The van der Waals surface area contributed by atoms with Crippen molar-refractivity contribution in [2.24, 2.45) is 0 Å². The molecular formula is C14H23N2O2+. The maximum Gasteiger partial charge on any atom is 0.197 e. The minimum absolute atomic E-state index is 0.214. The summed E-state index contributed by atoms with van der Waals surface area (Å²) in [5.41, 5.74) is 1.59. The van der Waals surface area contributed by atoms with Gasteiger partial charge in [-0.2, -0.15) is 0 Å². The van der Waals surface area contributed by atoms with Gasteiger partial charge >= 0.3 is 0 Å². The minimum atomic E-state index is -0.949. The van der Waals surface area contributed by atoms with E-state index in [0.717, 1.165) is 5.69 Å². The summed E-state index contributed by atoms with van der Waals surface area (Å²) in [6.45, 7) is 0.411. The van der Waals surface area contributed by atoms with Gasteiger partial charge in [-0.05, 0) is 24.3 Å².